The van der Waals surface area contributed by atoms with Crippen LogP contribution >= 0.6 is 0 Å². The second-order valence-corrected chi connectivity index (χ2v) is 8.71. The highest BCUT2D eigenvalue weighted by atomic mass is 16.2. The molecule has 1 saturated heterocycles. The third-order valence-corrected chi connectivity index (χ3v) is 6.04. The number of rotatable bonds is 6. The van der Waals surface area contributed by atoms with Crippen LogP contribution in [-0.2, 0) is 22.7 Å². The van der Waals surface area contributed by atoms with Crippen LogP contribution in [0.5, 0.6) is 0 Å². The second kappa shape index (κ2) is 9.96. The van der Waals surface area contributed by atoms with Crippen LogP contribution in [0.4, 0.5) is 5.69 Å². The van der Waals surface area contributed by atoms with Gasteiger partial charge in [-0.15, -0.1) is 0 Å². The summed E-state index contributed by atoms with van der Waals surface area (Å²) in [6.45, 7) is 7.53. The summed E-state index contributed by atoms with van der Waals surface area (Å²) < 4.78 is 0. The van der Waals surface area contributed by atoms with Gasteiger partial charge in [-0.05, 0) is 55.5 Å². The first kappa shape index (κ1) is 22.0. The molecule has 1 fully saturated rings. The van der Waals surface area contributed by atoms with E-state index in [9.17, 15) is 9.59 Å². The van der Waals surface area contributed by atoms with Crippen molar-refractivity contribution in [1.29, 1.82) is 0 Å². The van der Waals surface area contributed by atoms with Crippen LogP contribution < -0.4 is 15.8 Å². The molecule has 4 rings (SSSR count). The molecule has 2 aliphatic heterocycles. The number of para-hydroxylation sites is 1. The molecule has 2 N–H and O–H groups in total. The van der Waals surface area contributed by atoms with Gasteiger partial charge in [-0.25, -0.2) is 10.0 Å². The van der Waals surface area contributed by atoms with Gasteiger partial charge in [-0.2, -0.15) is 0 Å². The molecule has 0 spiro atoms. The summed E-state index contributed by atoms with van der Waals surface area (Å²) in [5, 5.41) is 4.36. The highest BCUT2D eigenvalue weighted by Crippen LogP contribution is 2.20. The van der Waals surface area contributed by atoms with Crippen LogP contribution in [0.25, 0.3) is 0 Å². The van der Waals surface area contributed by atoms with Crippen LogP contribution in [0.1, 0.15) is 37.8 Å². The largest absolute Gasteiger partial charge is 0.345 e. The number of likely N-dealkylation sites (tertiary alicyclic amines) is 1. The van der Waals surface area contributed by atoms with Crippen molar-refractivity contribution in [3.8, 4) is 0 Å². The average molecular weight is 434 g/mol. The van der Waals surface area contributed by atoms with Gasteiger partial charge in [0, 0.05) is 19.6 Å². The van der Waals surface area contributed by atoms with Crippen molar-refractivity contribution < 1.29 is 9.59 Å². The average Bonchev–Trinajstić information content (AvgIpc) is 2.80. The van der Waals surface area contributed by atoms with E-state index in [0.29, 0.717) is 12.2 Å². The molecular weight excluding hydrogens is 402 g/mol. The maximum absolute atomic E-state index is 12.9. The van der Waals surface area contributed by atoms with E-state index >= 15 is 0 Å². The fourth-order valence-corrected chi connectivity index (χ4v) is 4.32. The van der Waals surface area contributed by atoms with Gasteiger partial charge in [-0.1, -0.05) is 49.4 Å². The van der Waals surface area contributed by atoms with Gasteiger partial charge in [-0.3, -0.25) is 19.9 Å². The Morgan fingerprint density at radius 2 is 1.81 bits per heavy atom. The highest BCUT2D eigenvalue weighted by Gasteiger charge is 2.30. The van der Waals surface area contributed by atoms with Gasteiger partial charge in [0.2, 0.25) is 5.84 Å². The van der Waals surface area contributed by atoms with Gasteiger partial charge < -0.3 is 5.32 Å². The summed E-state index contributed by atoms with van der Waals surface area (Å²) >= 11 is 0. The number of hydrazine groups is 1. The molecule has 0 aliphatic carbocycles. The fourth-order valence-electron chi connectivity index (χ4n) is 4.32. The molecule has 2 aliphatic rings. The van der Waals surface area contributed by atoms with Crippen LogP contribution in [0, 0.1) is 5.92 Å². The number of anilines is 1. The second-order valence-electron chi connectivity index (χ2n) is 8.71. The number of nitrogens with zero attached hydrogens (tertiary/aromatic N) is 3. The Morgan fingerprint density at radius 3 is 2.56 bits per heavy atom. The van der Waals surface area contributed by atoms with Gasteiger partial charge >= 0.3 is 0 Å². The van der Waals surface area contributed by atoms with Crippen LogP contribution in [0.15, 0.2) is 59.6 Å². The van der Waals surface area contributed by atoms with Crippen LogP contribution in [0.2, 0.25) is 0 Å². The molecule has 0 saturated carbocycles. The van der Waals surface area contributed by atoms with E-state index in [2.05, 4.69) is 39.7 Å². The number of carbonyl (C=O) groups excluding carboxylic acids is 2. The predicted molar refractivity (Wildman–Crippen MR) is 126 cm³/mol. The van der Waals surface area contributed by atoms with E-state index in [1.165, 1.54) is 23.4 Å². The molecule has 0 radical (unpaired) electrons. The molecule has 7 heteroatoms. The van der Waals surface area contributed by atoms with Gasteiger partial charge in [0.25, 0.3) is 11.8 Å². The molecular formula is C25H31N5O2. The Bertz CT molecular complexity index is 991. The van der Waals surface area contributed by atoms with Crippen molar-refractivity contribution >= 4 is 23.3 Å². The normalized spacial score (nSPS) is 21.6. The smallest absolute Gasteiger partial charge is 0.288 e. The fraction of sp³-hybridized carbons (Fsp3) is 0.400. The van der Waals surface area contributed by atoms with E-state index in [-0.39, 0.29) is 17.6 Å². The zero-order valence-corrected chi connectivity index (χ0v) is 18.8. The van der Waals surface area contributed by atoms with E-state index in [1.807, 2.05) is 42.5 Å². The standard InChI is InChI=1S/C25H31N5O2/c1-18-9-8-14-29(16-18)17-21-11-7-6-10-20(21)15-26-24(31)23-27-19(2)25(32)30(28-23)22-12-4-3-5-13-22/h3-7,10-13,18-19H,8-9,14-17H2,1-2H3,(H,26,31)(H,27,28). The minimum atomic E-state index is -0.634. The van der Waals surface area contributed by atoms with Gasteiger partial charge in [0.15, 0.2) is 0 Å². The number of hydrogen-bond acceptors (Lipinski definition) is 5. The number of piperidine rings is 1. The summed E-state index contributed by atoms with van der Waals surface area (Å²) in [4.78, 5) is 32.2. The Balaban J connectivity index is 1.41. The number of amides is 2. The van der Waals surface area contributed by atoms with E-state index < -0.39 is 6.04 Å². The molecule has 2 aromatic carbocycles. The number of hydrogen-bond donors (Lipinski definition) is 2. The number of amidine groups is 1. The van der Waals surface area contributed by atoms with Gasteiger partial charge in [0.05, 0.1) is 5.69 Å². The van der Waals surface area contributed by atoms with Crippen molar-refractivity contribution in [2.45, 2.75) is 45.8 Å². The van der Waals surface area contributed by atoms with Crippen molar-refractivity contribution in [3.05, 3.63) is 65.7 Å². The molecule has 2 amide bonds. The quantitative estimate of drug-likeness (QED) is 0.735. The lowest BCUT2D eigenvalue weighted by atomic mass is 9.99. The Kier molecular flexibility index (Phi) is 6.85. The monoisotopic (exact) mass is 433 g/mol. The lowest BCUT2D eigenvalue weighted by Crippen LogP contribution is -2.57. The molecule has 0 aromatic heterocycles. The first-order valence-electron chi connectivity index (χ1n) is 11.3. The summed E-state index contributed by atoms with van der Waals surface area (Å²) in [7, 11) is 0. The Labute approximate surface area is 189 Å². The minimum Gasteiger partial charge on any atom is -0.345 e. The zero-order valence-electron chi connectivity index (χ0n) is 18.8. The third kappa shape index (κ3) is 5.16. The Hall–Kier alpha value is -3.19. The third-order valence-electron chi connectivity index (χ3n) is 6.04. The van der Waals surface area contributed by atoms with Crippen molar-refractivity contribution in [3.63, 3.8) is 0 Å². The molecule has 32 heavy (non-hydrogen) atoms. The van der Waals surface area contributed by atoms with Crippen molar-refractivity contribution in [2.24, 2.45) is 10.9 Å². The topological polar surface area (TPSA) is 77.0 Å². The van der Waals surface area contributed by atoms with Gasteiger partial charge in [0.1, 0.15) is 6.04 Å². The molecule has 7 nitrogen and oxygen atoms in total. The summed E-state index contributed by atoms with van der Waals surface area (Å²) in [6, 6.07) is 16.8. The maximum Gasteiger partial charge on any atom is 0.288 e. The summed E-state index contributed by atoms with van der Waals surface area (Å²) in [5.41, 5.74) is 5.88. The lowest BCUT2D eigenvalue weighted by molar-refractivity contribution is -0.120. The number of nitrogens with one attached hydrogen (secondary N) is 2. The molecule has 2 heterocycles. The van der Waals surface area contributed by atoms with E-state index in [1.54, 1.807) is 6.92 Å². The predicted octanol–water partition coefficient (Wildman–Crippen LogP) is 2.87. The number of carbonyl (C=O) groups is 2. The van der Waals surface area contributed by atoms with E-state index in [0.717, 1.165) is 31.1 Å². The first-order valence-corrected chi connectivity index (χ1v) is 11.3. The van der Waals surface area contributed by atoms with Crippen molar-refractivity contribution in [2.75, 3.05) is 18.1 Å². The molecule has 2 atom stereocenters. The van der Waals surface area contributed by atoms with Crippen LogP contribution in [-0.4, -0.2) is 41.7 Å². The highest BCUT2D eigenvalue weighted by molar-refractivity contribution is 6.39. The zero-order chi connectivity index (χ0) is 22.5. The Morgan fingerprint density at radius 1 is 1.09 bits per heavy atom. The lowest BCUT2D eigenvalue weighted by Gasteiger charge is -2.31. The SMILES string of the molecule is CC1CCCN(Cc2ccccc2CNC(=O)C2=NC(C)C(=O)N(c3ccccc3)N2)C1. The molecule has 168 valence electrons. The van der Waals surface area contributed by atoms with E-state index in [4.69, 9.17) is 0 Å². The number of benzene rings is 2. The summed E-state index contributed by atoms with van der Waals surface area (Å²) in [5.74, 6) is 0.340. The molecule has 0 bridgehead atoms. The van der Waals surface area contributed by atoms with Crippen LogP contribution in [0.3, 0.4) is 0 Å². The van der Waals surface area contributed by atoms with Crippen molar-refractivity contribution in [1.82, 2.24) is 15.6 Å². The summed E-state index contributed by atoms with van der Waals surface area (Å²) in [6.07, 6.45) is 2.53. The minimum absolute atomic E-state index is 0.142. The number of aliphatic imine (C=N–C) groups is 1. The first-order chi connectivity index (χ1) is 15.5. The molecule has 2 unspecified atom stereocenters. The molecule has 2 aromatic rings. The maximum atomic E-state index is 12.9.